The lowest BCUT2D eigenvalue weighted by atomic mass is 9.93. The summed E-state index contributed by atoms with van der Waals surface area (Å²) in [6, 6.07) is 7.72. The average Bonchev–Trinajstić information content (AvgIpc) is 2.63. The van der Waals surface area contributed by atoms with Crippen LogP contribution in [0.2, 0.25) is 0 Å². The Balaban J connectivity index is 0.00000364. The minimum atomic E-state index is -0.151. The number of halogens is 2. The maximum Gasteiger partial charge on any atom is 0.251 e. The molecule has 0 aliphatic heterocycles. The average molecular weight is 553 g/mol. The van der Waals surface area contributed by atoms with Gasteiger partial charge in [-0.3, -0.25) is 9.79 Å². The third-order valence-electron chi connectivity index (χ3n) is 4.36. The lowest BCUT2D eigenvalue weighted by Crippen LogP contribution is -2.45. The Labute approximate surface area is 187 Å². The Morgan fingerprint density at radius 3 is 2.67 bits per heavy atom. The molecule has 0 heterocycles. The molecule has 1 aromatic rings. The SMILES string of the molecule is CCNC(=NCCCNC(=O)c1cccc(Br)c1)NC1CCC(O)CC1.I. The number of benzene rings is 1. The van der Waals surface area contributed by atoms with Crippen molar-refractivity contribution in [3.63, 3.8) is 0 Å². The summed E-state index contributed by atoms with van der Waals surface area (Å²) in [7, 11) is 0. The largest absolute Gasteiger partial charge is 0.393 e. The highest BCUT2D eigenvalue weighted by molar-refractivity contribution is 14.0. The number of aliphatic hydroxyl groups excluding tert-OH is 1. The molecule has 2 rings (SSSR count). The van der Waals surface area contributed by atoms with Gasteiger partial charge in [0.25, 0.3) is 5.91 Å². The van der Waals surface area contributed by atoms with E-state index in [9.17, 15) is 9.90 Å². The molecule has 1 aliphatic rings. The summed E-state index contributed by atoms with van der Waals surface area (Å²) in [5.41, 5.74) is 0.650. The number of nitrogens with zero attached hydrogens (tertiary/aromatic N) is 1. The number of rotatable bonds is 7. The van der Waals surface area contributed by atoms with Gasteiger partial charge in [0.05, 0.1) is 6.10 Å². The molecule has 8 heteroatoms. The fourth-order valence-electron chi connectivity index (χ4n) is 2.94. The van der Waals surface area contributed by atoms with Gasteiger partial charge >= 0.3 is 0 Å². The summed E-state index contributed by atoms with van der Waals surface area (Å²) in [6.45, 7) is 4.08. The van der Waals surface area contributed by atoms with Crippen LogP contribution in [0.5, 0.6) is 0 Å². The van der Waals surface area contributed by atoms with Crippen molar-refractivity contribution in [2.75, 3.05) is 19.6 Å². The third kappa shape index (κ3) is 9.25. The van der Waals surface area contributed by atoms with E-state index in [1.807, 2.05) is 25.1 Å². The summed E-state index contributed by atoms with van der Waals surface area (Å²) in [4.78, 5) is 16.7. The predicted octanol–water partition coefficient (Wildman–Crippen LogP) is 3.05. The van der Waals surface area contributed by atoms with Gasteiger partial charge in [-0.15, -0.1) is 24.0 Å². The molecule has 0 unspecified atom stereocenters. The number of carbonyl (C=O) groups excluding carboxylic acids is 1. The first-order valence-electron chi connectivity index (χ1n) is 9.35. The van der Waals surface area contributed by atoms with Crippen molar-refractivity contribution in [1.29, 1.82) is 0 Å². The molecule has 0 aromatic heterocycles. The quantitative estimate of drug-likeness (QED) is 0.181. The first-order valence-corrected chi connectivity index (χ1v) is 10.1. The van der Waals surface area contributed by atoms with E-state index in [4.69, 9.17) is 0 Å². The van der Waals surface area contributed by atoms with Crippen LogP contribution >= 0.6 is 39.9 Å². The second-order valence-corrected chi connectivity index (χ2v) is 7.45. The number of guanidine groups is 1. The van der Waals surface area contributed by atoms with Crippen molar-refractivity contribution in [2.45, 2.75) is 51.2 Å². The molecule has 0 atom stereocenters. The molecule has 1 amide bonds. The van der Waals surface area contributed by atoms with E-state index in [1.54, 1.807) is 6.07 Å². The molecule has 152 valence electrons. The third-order valence-corrected chi connectivity index (χ3v) is 4.85. The predicted molar refractivity (Wildman–Crippen MR) is 124 cm³/mol. The highest BCUT2D eigenvalue weighted by Gasteiger charge is 2.19. The first-order chi connectivity index (χ1) is 12.6. The second-order valence-electron chi connectivity index (χ2n) is 6.53. The molecule has 27 heavy (non-hydrogen) atoms. The fourth-order valence-corrected chi connectivity index (χ4v) is 3.34. The van der Waals surface area contributed by atoms with Gasteiger partial charge in [-0.05, 0) is 57.2 Å². The van der Waals surface area contributed by atoms with Gasteiger partial charge in [0.15, 0.2) is 5.96 Å². The summed E-state index contributed by atoms with van der Waals surface area (Å²) in [5.74, 6) is 0.744. The van der Waals surface area contributed by atoms with E-state index in [-0.39, 0.29) is 36.0 Å². The van der Waals surface area contributed by atoms with Crippen molar-refractivity contribution in [1.82, 2.24) is 16.0 Å². The number of hydrogen-bond donors (Lipinski definition) is 4. The van der Waals surface area contributed by atoms with Gasteiger partial charge in [-0.1, -0.05) is 22.0 Å². The molecule has 1 saturated carbocycles. The number of carbonyl (C=O) groups is 1. The Morgan fingerprint density at radius 2 is 2.00 bits per heavy atom. The molecular formula is C19H30BrIN4O2. The normalized spacial score (nSPS) is 19.7. The van der Waals surface area contributed by atoms with Gasteiger partial charge in [-0.25, -0.2) is 0 Å². The van der Waals surface area contributed by atoms with Crippen molar-refractivity contribution in [2.24, 2.45) is 4.99 Å². The van der Waals surface area contributed by atoms with Crippen LogP contribution in [-0.2, 0) is 0 Å². The molecule has 0 radical (unpaired) electrons. The van der Waals surface area contributed by atoms with E-state index < -0.39 is 0 Å². The molecule has 6 nitrogen and oxygen atoms in total. The van der Waals surface area contributed by atoms with Crippen molar-refractivity contribution < 1.29 is 9.90 Å². The smallest absolute Gasteiger partial charge is 0.251 e. The number of nitrogens with one attached hydrogen (secondary N) is 3. The van der Waals surface area contributed by atoms with Gasteiger partial charge in [0.2, 0.25) is 0 Å². The van der Waals surface area contributed by atoms with E-state index in [1.165, 1.54) is 0 Å². The standard InChI is InChI=1S/C19H29BrN4O2.HI/c1-2-21-19(24-16-7-9-17(25)10-8-16)23-12-4-11-22-18(26)14-5-3-6-15(20)13-14;/h3,5-6,13,16-17,25H,2,4,7-12H2,1H3,(H,22,26)(H2,21,23,24);1H. The van der Waals surface area contributed by atoms with Crippen LogP contribution in [0.4, 0.5) is 0 Å². The van der Waals surface area contributed by atoms with Gasteiger partial charge in [0, 0.05) is 35.7 Å². The Morgan fingerprint density at radius 1 is 1.26 bits per heavy atom. The van der Waals surface area contributed by atoms with Crippen molar-refractivity contribution in [3.8, 4) is 0 Å². The van der Waals surface area contributed by atoms with Crippen LogP contribution in [0.15, 0.2) is 33.7 Å². The summed E-state index contributed by atoms with van der Waals surface area (Å²) in [5, 5.41) is 19.2. The number of hydrogen-bond acceptors (Lipinski definition) is 3. The maximum atomic E-state index is 12.1. The second kappa shape index (κ2) is 13.3. The highest BCUT2D eigenvalue weighted by atomic mass is 127. The highest BCUT2D eigenvalue weighted by Crippen LogP contribution is 2.18. The van der Waals surface area contributed by atoms with Crippen LogP contribution in [0.1, 0.15) is 49.4 Å². The van der Waals surface area contributed by atoms with Crippen LogP contribution in [-0.4, -0.2) is 48.8 Å². The van der Waals surface area contributed by atoms with E-state index in [0.717, 1.165) is 49.1 Å². The van der Waals surface area contributed by atoms with Gasteiger partial charge < -0.3 is 21.1 Å². The summed E-state index contributed by atoms with van der Waals surface area (Å²) < 4.78 is 0.895. The molecular weight excluding hydrogens is 523 g/mol. The minimum absolute atomic E-state index is 0. The molecule has 1 aromatic carbocycles. The van der Waals surface area contributed by atoms with E-state index in [0.29, 0.717) is 24.7 Å². The first kappa shape index (κ1) is 24.2. The lowest BCUT2D eigenvalue weighted by Gasteiger charge is -2.27. The number of amides is 1. The van der Waals surface area contributed by atoms with Gasteiger partial charge in [-0.2, -0.15) is 0 Å². The zero-order valence-corrected chi connectivity index (χ0v) is 19.6. The molecule has 1 fully saturated rings. The molecule has 1 aliphatic carbocycles. The van der Waals surface area contributed by atoms with Crippen molar-refractivity contribution >= 4 is 51.8 Å². The van der Waals surface area contributed by atoms with Gasteiger partial charge in [0.1, 0.15) is 0 Å². The van der Waals surface area contributed by atoms with E-state index in [2.05, 4.69) is 36.9 Å². The Bertz CT molecular complexity index is 607. The van der Waals surface area contributed by atoms with Crippen LogP contribution in [0.25, 0.3) is 0 Å². The monoisotopic (exact) mass is 552 g/mol. The molecule has 4 N–H and O–H groups in total. The fraction of sp³-hybridized carbons (Fsp3) is 0.579. The molecule has 0 spiro atoms. The number of aliphatic hydroxyl groups is 1. The molecule has 0 bridgehead atoms. The van der Waals surface area contributed by atoms with Crippen LogP contribution in [0, 0.1) is 0 Å². The van der Waals surface area contributed by atoms with Crippen molar-refractivity contribution in [3.05, 3.63) is 34.3 Å². The zero-order valence-electron chi connectivity index (χ0n) is 15.7. The maximum absolute atomic E-state index is 12.1. The van der Waals surface area contributed by atoms with E-state index >= 15 is 0 Å². The Hall–Kier alpha value is -0.870. The zero-order chi connectivity index (χ0) is 18.8. The topological polar surface area (TPSA) is 85.8 Å². The molecule has 0 saturated heterocycles. The number of aliphatic imine (C=N–C) groups is 1. The van der Waals surface area contributed by atoms with Crippen LogP contribution < -0.4 is 16.0 Å². The minimum Gasteiger partial charge on any atom is -0.393 e. The lowest BCUT2D eigenvalue weighted by molar-refractivity contribution is 0.0953. The summed E-state index contributed by atoms with van der Waals surface area (Å²) in [6.07, 6.45) is 4.25. The van der Waals surface area contributed by atoms with Crippen LogP contribution in [0.3, 0.4) is 0 Å². The Kier molecular flexibility index (Phi) is 11.9. The summed E-state index contributed by atoms with van der Waals surface area (Å²) >= 11 is 3.37.